The number of halogens is 2. The molecule has 0 aliphatic carbocycles. The summed E-state index contributed by atoms with van der Waals surface area (Å²) in [5.41, 5.74) is 5.80. The van der Waals surface area contributed by atoms with Crippen LogP contribution in [0.25, 0.3) is 0 Å². The van der Waals surface area contributed by atoms with Crippen LogP contribution in [0.5, 0.6) is 0 Å². The molecule has 1 heterocycles. The Morgan fingerprint density at radius 1 is 1.82 bits per heavy atom. The normalized spacial score (nSPS) is 27.2. The third-order valence-electron chi connectivity index (χ3n) is 1.94. The minimum Gasteiger partial charge on any atom is -0.376 e. The lowest BCUT2D eigenvalue weighted by molar-refractivity contribution is 0.349. The third-order valence-corrected chi connectivity index (χ3v) is 2.72. The minimum absolute atomic E-state index is 0.462. The Balaban J connectivity index is 2.54. The molecule has 1 aliphatic heterocycles. The van der Waals surface area contributed by atoms with Crippen molar-refractivity contribution in [2.24, 2.45) is 5.73 Å². The van der Waals surface area contributed by atoms with Crippen LogP contribution in [0.15, 0.2) is 11.5 Å². The van der Waals surface area contributed by atoms with Crippen molar-refractivity contribution in [1.82, 2.24) is 4.90 Å². The van der Waals surface area contributed by atoms with Crippen molar-refractivity contribution in [3.8, 4) is 0 Å². The maximum atomic E-state index is 12.5. The highest BCUT2D eigenvalue weighted by molar-refractivity contribution is 14.1. The van der Waals surface area contributed by atoms with Gasteiger partial charge in [0.1, 0.15) is 0 Å². The van der Waals surface area contributed by atoms with Crippen molar-refractivity contribution in [1.29, 1.82) is 0 Å². The molecule has 0 aromatic carbocycles. The van der Waals surface area contributed by atoms with E-state index >= 15 is 0 Å². The molecule has 1 rings (SSSR count). The molecule has 0 bridgehead atoms. The van der Waals surface area contributed by atoms with Crippen molar-refractivity contribution < 1.29 is 4.39 Å². The molecule has 0 aromatic rings. The molecule has 1 atom stereocenters. The van der Waals surface area contributed by atoms with E-state index in [4.69, 9.17) is 5.73 Å². The molecule has 11 heavy (non-hydrogen) atoms. The first-order valence-electron chi connectivity index (χ1n) is 3.62. The van der Waals surface area contributed by atoms with Crippen molar-refractivity contribution in [2.45, 2.75) is 17.4 Å². The van der Waals surface area contributed by atoms with Crippen LogP contribution in [0.2, 0.25) is 0 Å². The van der Waals surface area contributed by atoms with E-state index < -0.39 is 5.95 Å². The number of rotatable bonds is 1. The molecule has 0 saturated carbocycles. The fourth-order valence-corrected chi connectivity index (χ4v) is 1.66. The quantitative estimate of drug-likeness (QED) is 0.445. The van der Waals surface area contributed by atoms with Crippen LogP contribution in [0.3, 0.4) is 0 Å². The van der Waals surface area contributed by atoms with Gasteiger partial charge in [0, 0.05) is 13.1 Å². The molecular weight excluding hydrogens is 258 g/mol. The fourth-order valence-electron chi connectivity index (χ4n) is 1.18. The van der Waals surface area contributed by atoms with Crippen molar-refractivity contribution in [2.75, 3.05) is 13.1 Å². The number of likely N-dealkylation sites (tertiary alicyclic amines) is 1. The Hall–Kier alpha value is 0.160. The zero-order chi connectivity index (χ0) is 8.43. The first-order chi connectivity index (χ1) is 5.11. The van der Waals surface area contributed by atoms with E-state index in [0.29, 0.717) is 10.6 Å². The molecular formula is C7H12FIN2. The predicted octanol–water partition coefficient (Wildman–Crippen LogP) is 1.61. The first-order valence-corrected chi connectivity index (χ1v) is 4.87. The van der Waals surface area contributed by atoms with Gasteiger partial charge < -0.3 is 5.73 Å². The number of nitrogens with zero attached hydrogens (tertiary/aromatic N) is 1. The molecule has 1 aliphatic rings. The third kappa shape index (κ3) is 2.30. The molecule has 0 amide bonds. The Bertz CT molecular complexity index is 175. The van der Waals surface area contributed by atoms with Crippen LogP contribution < -0.4 is 5.73 Å². The zero-order valence-corrected chi connectivity index (χ0v) is 8.64. The highest BCUT2D eigenvalue weighted by Gasteiger charge is 2.21. The van der Waals surface area contributed by atoms with Gasteiger partial charge in [0.05, 0.1) is 4.05 Å². The minimum atomic E-state index is -0.482. The Morgan fingerprint density at radius 2 is 2.45 bits per heavy atom. The van der Waals surface area contributed by atoms with E-state index in [1.165, 1.54) is 0 Å². The van der Waals surface area contributed by atoms with E-state index in [-0.39, 0.29) is 0 Å². The average molecular weight is 270 g/mol. The van der Waals surface area contributed by atoms with Gasteiger partial charge in [-0.25, -0.2) is 0 Å². The van der Waals surface area contributed by atoms with Gasteiger partial charge in [0.15, 0.2) is 5.95 Å². The van der Waals surface area contributed by atoms with Crippen molar-refractivity contribution in [3.63, 3.8) is 0 Å². The summed E-state index contributed by atoms with van der Waals surface area (Å²) in [5.74, 6) is -0.482. The Kier molecular flexibility index (Phi) is 3.12. The van der Waals surface area contributed by atoms with Gasteiger partial charge in [-0.05, 0) is 18.9 Å². The highest BCUT2D eigenvalue weighted by Crippen LogP contribution is 2.21. The topological polar surface area (TPSA) is 29.3 Å². The molecule has 0 radical (unpaired) electrons. The smallest absolute Gasteiger partial charge is 0.184 e. The summed E-state index contributed by atoms with van der Waals surface area (Å²) in [6.45, 7) is 3.73. The van der Waals surface area contributed by atoms with Crippen LogP contribution >= 0.6 is 22.6 Å². The monoisotopic (exact) mass is 270 g/mol. The summed E-state index contributed by atoms with van der Waals surface area (Å²) in [5, 5.41) is 0. The Morgan fingerprint density at radius 3 is 2.73 bits per heavy atom. The number of hydrogen-bond acceptors (Lipinski definition) is 2. The molecule has 4 heteroatoms. The van der Waals surface area contributed by atoms with E-state index in [2.05, 4.69) is 34.4 Å². The van der Waals surface area contributed by atoms with Gasteiger partial charge in [-0.3, -0.25) is 4.90 Å². The van der Waals surface area contributed by atoms with E-state index in [1.807, 2.05) is 0 Å². The lowest BCUT2D eigenvalue weighted by atomic mass is 10.2. The maximum absolute atomic E-state index is 12.5. The van der Waals surface area contributed by atoms with Gasteiger partial charge in [0.25, 0.3) is 0 Å². The SMILES string of the molecule is CC(I)N1CC/C(=C(\N)F)C1. The van der Waals surface area contributed by atoms with Crippen LogP contribution in [-0.4, -0.2) is 22.0 Å². The van der Waals surface area contributed by atoms with E-state index in [0.717, 1.165) is 18.5 Å². The highest BCUT2D eigenvalue weighted by atomic mass is 127. The lowest BCUT2D eigenvalue weighted by Crippen LogP contribution is -2.25. The summed E-state index contributed by atoms with van der Waals surface area (Å²) in [6, 6.07) is 0. The largest absolute Gasteiger partial charge is 0.376 e. The molecule has 1 saturated heterocycles. The number of hydrogen-bond donors (Lipinski definition) is 1. The second-order valence-electron chi connectivity index (χ2n) is 2.75. The number of alkyl halides is 1. The molecule has 1 unspecified atom stereocenters. The molecule has 0 aromatic heterocycles. The second-order valence-corrected chi connectivity index (χ2v) is 4.55. The van der Waals surface area contributed by atoms with Gasteiger partial charge >= 0.3 is 0 Å². The summed E-state index contributed by atoms with van der Waals surface area (Å²) < 4.78 is 12.9. The summed E-state index contributed by atoms with van der Waals surface area (Å²) in [7, 11) is 0. The van der Waals surface area contributed by atoms with Crippen LogP contribution in [0.1, 0.15) is 13.3 Å². The first kappa shape index (κ1) is 9.25. The van der Waals surface area contributed by atoms with Crippen LogP contribution in [0, 0.1) is 0 Å². The molecule has 0 spiro atoms. The summed E-state index contributed by atoms with van der Waals surface area (Å²) in [6.07, 6.45) is 0.787. The van der Waals surface area contributed by atoms with Gasteiger partial charge in [0.2, 0.25) is 0 Å². The Labute approximate surface area is 79.8 Å². The van der Waals surface area contributed by atoms with Gasteiger partial charge in [-0.1, -0.05) is 22.6 Å². The number of nitrogens with two attached hydrogens (primary N) is 1. The second kappa shape index (κ2) is 3.71. The van der Waals surface area contributed by atoms with E-state index in [1.54, 1.807) is 0 Å². The molecule has 64 valence electrons. The standard InChI is InChI=1S/C7H12FIN2/c1-5(9)11-3-2-6(4-11)7(8)10/h5H,2-4,10H2,1H3/b7-6+. The molecule has 2 nitrogen and oxygen atoms in total. The van der Waals surface area contributed by atoms with Gasteiger partial charge in [-0.2, -0.15) is 4.39 Å². The molecule has 2 N–H and O–H groups in total. The zero-order valence-electron chi connectivity index (χ0n) is 6.48. The summed E-state index contributed by atoms with van der Waals surface area (Å²) in [4.78, 5) is 2.20. The van der Waals surface area contributed by atoms with Gasteiger partial charge in [-0.15, -0.1) is 0 Å². The lowest BCUT2D eigenvalue weighted by Gasteiger charge is -2.16. The maximum Gasteiger partial charge on any atom is 0.184 e. The van der Waals surface area contributed by atoms with E-state index in [9.17, 15) is 4.39 Å². The summed E-state index contributed by atoms with van der Waals surface area (Å²) >= 11 is 2.32. The van der Waals surface area contributed by atoms with Crippen molar-refractivity contribution >= 4 is 22.6 Å². The molecule has 1 fully saturated rings. The van der Waals surface area contributed by atoms with Crippen LogP contribution in [-0.2, 0) is 0 Å². The average Bonchev–Trinajstić information content (AvgIpc) is 2.33. The fraction of sp³-hybridized carbons (Fsp3) is 0.714. The van der Waals surface area contributed by atoms with Crippen molar-refractivity contribution in [3.05, 3.63) is 11.5 Å². The predicted molar refractivity (Wildman–Crippen MR) is 52.0 cm³/mol. The van der Waals surface area contributed by atoms with Crippen LogP contribution in [0.4, 0.5) is 4.39 Å².